The summed E-state index contributed by atoms with van der Waals surface area (Å²) < 4.78 is 4.43. The molecule has 3 aliphatic rings. The van der Waals surface area contributed by atoms with Crippen LogP contribution in [0.2, 0.25) is 0 Å². The number of nitrogens with one attached hydrogen (secondary N) is 1. The van der Waals surface area contributed by atoms with Crippen molar-refractivity contribution >= 4 is 16.5 Å². The van der Waals surface area contributed by atoms with Gasteiger partial charge >= 0.3 is 0 Å². The maximum Gasteiger partial charge on any atom is 0.113 e. The van der Waals surface area contributed by atoms with Crippen molar-refractivity contribution in [1.29, 1.82) is 0 Å². The molecule has 0 bridgehead atoms. The van der Waals surface area contributed by atoms with E-state index in [1.807, 2.05) is 6.92 Å². The quantitative estimate of drug-likeness (QED) is 0.668. The Morgan fingerprint density at radius 3 is 2.83 bits per heavy atom. The number of fused-ring (bicyclic) bond motifs is 4. The molecule has 0 saturated heterocycles. The molecule has 18 heavy (non-hydrogen) atoms. The van der Waals surface area contributed by atoms with Crippen molar-refractivity contribution in [2.45, 2.75) is 56.3 Å². The first-order chi connectivity index (χ1) is 8.62. The zero-order valence-electron chi connectivity index (χ0n) is 10.4. The topological polar surface area (TPSA) is 65.4 Å². The van der Waals surface area contributed by atoms with Crippen molar-refractivity contribution < 1.29 is 10.2 Å². The monoisotopic (exact) mass is 266 g/mol. The van der Waals surface area contributed by atoms with Crippen LogP contribution in [-0.4, -0.2) is 32.3 Å². The summed E-state index contributed by atoms with van der Waals surface area (Å²) in [6, 6.07) is 0. The van der Waals surface area contributed by atoms with Crippen molar-refractivity contribution in [1.82, 2.24) is 4.37 Å². The Kier molecular flexibility index (Phi) is 2.16. The summed E-state index contributed by atoms with van der Waals surface area (Å²) in [6.07, 6.45) is 3.07. The van der Waals surface area contributed by atoms with Gasteiger partial charge in [0.25, 0.3) is 0 Å². The van der Waals surface area contributed by atoms with E-state index in [-0.39, 0.29) is 11.5 Å². The molecule has 2 heterocycles. The summed E-state index contributed by atoms with van der Waals surface area (Å²) in [5.41, 5.74) is 2.29. The summed E-state index contributed by atoms with van der Waals surface area (Å²) in [7, 11) is 0. The van der Waals surface area contributed by atoms with Gasteiger partial charge in [-0.1, -0.05) is 0 Å². The molecule has 1 aromatic heterocycles. The van der Waals surface area contributed by atoms with Crippen molar-refractivity contribution in [2.75, 3.05) is 5.32 Å². The van der Waals surface area contributed by atoms with Crippen LogP contribution in [0, 0.1) is 12.8 Å². The van der Waals surface area contributed by atoms with Gasteiger partial charge < -0.3 is 15.5 Å². The highest BCUT2D eigenvalue weighted by atomic mass is 32.1. The maximum atomic E-state index is 10.3. The van der Waals surface area contributed by atoms with Gasteiger partial charge in [0.1, 0.15) is 5.00 Å². The SMILES string of the molecule is Cc1nsc2c1[C@@H]1[C@@H](O)[C@@H](O)C[C@@H]1C1(CCC1)N2. The van der Waals surface area contributed by atoms with E-state index in [4.69, 9.17) is 0 Å². The molecule has 0 unspecified atom stereocenters. The van der Waals surface area contributed by atoms with E-state index in [0.717, 1.165) is 29.1 Å². The van der Waals surface area contributed by atoms with Gasteiger partial charge in [0.2, 0.25) is 0 Å². The molecule has 4 rings (SSSR count). The summed E-state index contributed by atoms with van der Waals surface area (Å²) in [5.74, 6) is 0.439. The molecular formula is C13H18N2O2S. The molecular weight excluding hydrogens is 248 g/mol. The fourth-order valence-corrected chi connectivity index (χ4v) is 5.15. The van der Waals surface area contributed by atoms with E-state index in [9.17, 15) is 10.2 Å². The highest BCUT2D eigenvalue weighted by Gasteiger charge is 2.58. The van der Waals surface area contributed by atoms with E-state index in [2.05, 4.69) is 9.69 Å². The van der Waals surface area contributed by atoms with Crippen LogP contribution < -0.4 is 5.32 Å². The van der Waals surface area contributed by atoms with Crippen LogP contribution in [0.1, 0.15) is 42.9 Å². The van der Waals surface area contributed by atoms with E-state index < -0.39 is 12.2 Å². The molecule has 98 valence electrons. The lowest BCUT2D eigenvalue weighted by atomic mass is 9.61. The number of nitrogens with zero attached hydrogens (tertiary/aromatic N) is 1. The van der Waals surface area contributed by atoms with E-state index in [1.165, 1.54) is 18.0 Å². The third-order valence-corrected chi connectivity index (χ3v) is 6.12. The van der Waals surface area contributed by atoms with E-state index >= 15 is 0 Å². The Bertz CT molecular complexity index is 497. The minimum atomic E-state index is -0.622. The minimum absolute atomic E-state index is 0.0790. The van der Waals surface area contributed by atoms with Gasteiger partial charge in [-0.05, 0) is 50.1 Å². The Morgan fingerprint density at radius 2 is 2.17 bits per heavy atom. The van der Waals surface area contributed by atoms with Crippen LogP contribution in [0.5, 0.6) is 0 Å². The van der Waals surface area contributed by atoms with Gasteiger partial charge in [-0.2, -0.15) is 4.37 Å². The molecule has 4 atom stereocenters. The highest BCUT2D eigenvalue weighted by molar-refractivity contribution is 7.10. The second kappa shape index (κ2) is 3.46. The van der Waals surface area contributed by atoms with Crippen LogP contribution in [0.15, 0.2) is 0 Å². The summed E-state index contributed by atoms with van der Waals surface area (Å²) in [6.45, 7) is 2.00. The van der Waals surface area contributed by atoms with Crippen LogP contribution >= 0.6 is 11.5 Å². The molecule has 1 aliphatic heterocycles. The van der Waals surface area contributed by atoms with Crippen LogP contribution in [0.25, 0.3) is 0 Å². The average molecular weight is 266 g/mol. The van der Waals surface area contributed by atoms with Gasteiger partial charge in [-0.25, -0.2) is 0 Å². The van der Waals surface area contributed by atoms with Crippen molar-refractivity contribution in [3.63, 3.8) is 0 Å². The highest BCUT2D eigenvalue weighted by Crippen LogP contribution is 2.59. The molecule has 1 spiro atoms. The Morgan fingerprint density at radius 1 is 1.39 bits per heavy atom. The number of hydrogen-bond acceptors (Lipinski definition) is 5. The average Bonchev–Trinajstić information content (AvgIpc) is 2.79. The molecule has 1 aromatic rings. The lowest BCUT2D eigenvalue weighted by molar-refractivity contribution is 0.0339. The number of aryl methyl sites for hydroxylation is 1. The van der Waals surface area contributed by atoms with Crippen LogP contribution in [-0.2, 0) is 0 Å². The predicted octanol–water partition coefficient (Wildman–Crippen LogP) is 1.63. The number of aliphatic hydroxyl groups excluding tert-OH is 2. The smallest absolute Gasteiger partial charge is 0.113 e. The number of hydrogen-bond donors (Lipinski definition) is 3. The zero-order chi connectivity index (χ0) is 12.5. The Labute approximate surface area is 110 Å². The minimum Gasteiger partial charge on any atom is -0.390 e. The third-order valence-electron chi connectivity index (χ3n) is 5.25. The number of anilines is 1. The second-order valence-electron chi connectivity index (χ2n) is 6.07. The first-order valence-corrected chi connectivity index (χ1v) is 7.50. The molecule has 0 amide bonds. The summed E-state index contributed by atoms with van der Waals surface area (Å²) >= 11 is 1.50. The Balaban J connectivity index is 1.86. The Hall–Kier alpha value is -0.650. The zero-order valence-corrected chi connectivity index (χ0v) is 11.2. The van der Waals surface area contributed by atoms with Gasteiger partial charge in [-0.15, -0.1) is 0 Å². The molecule has 2 aliphatic carbocycles. The van der Waals surface area contributed by atoms with Crippen LogP contribution in [0.3, 0.4) is 0 Å². The molecule has 0 radical (unpaired) electrons. The number of aromatic nitrogens is 1. The van der Waals surface area contributed by atoms with Crippen molar-refractivity contribution in [3.05, 3.63) is 11.3 Å². The molecule has 4 nitrogen and oxygen atoms in total. The standard InChI is InChI=1S/C13H18N2O2S/c1-6-9-10-7(5-8(16)11(10)17)13(3-2-4-13)14-12(9)18-15-6/h7-8,10-11,14,16-17H,2-5H2,1H3/t7-,8-,10+,11-/m0/s1. The predicted molar refractivity (Wildman–Crippen MR) is 69.9 cm³/mol. The number of rotatable bonds is 0. The lowest BCUT2D eigenvalue weighted by Crippen LogP contribution is -2.55. The van der Waals surface area contributed by atoms with Crippen LogP contribution in [0.4, 0.5) is 5.00 Å². The van der Waals surface area contributed by atoms with Gasteiger partial charge in [0.15, 0.2) is 0 Å². The second-order valence-corrected chi connectivity index (χ2v) is 6.84. The maximum absolute atomic E-state index is 10.3. The first-order valence-electron chi connectivity index (χ1n) is 6.73. The fourth-order valence-electron chi connectivity index (χ4n) is 4.20. The van der Waals surface area contributed by atoms with Gasteiger partial charge in [0.05, 0.1) is 17.9 Å². The largest absolute Gasteiger partial charge is 0.390 e. The summed E-state index contributed by atoms with van der Waals surface area (Å²) in [4.78, 5) is 0. The van der Waals surface area contributed by atoms with Gasteiger partial charge in [0, 0.05) is 17.0 Å². The molecule has 2 fully saturated rings. The van der Waals surface area contributed by atoms with E-state index in [1.54, 1.807) is 0 Å². The molecule has 0 aromatic carbocycles. The summed E-state index contributed by atoms with van der Waals surface area (Å²) in [5, 5.41) is 25.2. The normalized spacial score (nSPS) is 39.9. The first kappa shape index (κ1) is 11.2. The lowest BCUT2D eigenvalue weighted by Gasteiger charge is -2.52. The molecule has 5 heteroatoms. The van der Waals surface area contributed by atoms with Gasteiger partial charge in [-0.3, -0.25) is 0 Å². The molecule has 2 saturated carbocycles. The molecule has 3 N–H and O–H groups in total. The van der Waals surface area contributed by atoms with E-state index in [0.29, 0.717) is 12.3 Å². The van der Waals surface area contributed by atoms with Crippen molar-refractivity contribution in [3.8, 4) is 0 Å². The number of aliphatic hydroxyl groups is 2. The van der Waals surface area contributed by atoms with Crippen molar-refractivity contribution in [2.24, 2.45) is 5.92 Å². The third kappa shape index (κ3) is 1.20. The fraction of sp³-hybridized carbons (Fsp3) is 0.769.